The number of likely N-dealkylation sites (N-methyl/N-ethyl adjacent to an activating group) is 1. The second kappa shape index (κ2) is 8.60. The summed E-state index contributed by atoms with van der Waals surface area (Å²) in [4.78, 5) is 44.3. The fourth-order valence-corrected chi connectivity index (χ4v) is 3.60. The Bertz CT molecular complexity index is 726. The maximum atomic E-state index is 12.9. The lowest BCUT2D eigenvalue weighted by Gasteiger charge is -2.35. The van der Waals surface area contributed by atoms with Crippen molar-refractivity contribution in [1.82, 2.24) is 14.7 Å². The Morgan fingerprint density at radius 1 is 1.11 bits per heavy atom. The third kappa shape index (κ3) is 4.44. The predicted molar refractivity (Wildman–Crippen MR) is 105 cm³/mol. The largest absolute Gasteiger partial charge is 0.497 e. The van der Waals surface area contributed by atoms with Crippen LogP contribution in [-0.4, -0.2) is 92.9 Å². The minimum atomic E-state index is -0.315. The van der Waals surface area contributed by atoms with Crippen LogP contribution in [0.2, 0.25) is 0 Å². The number of rotatable bonds is 5. The Balaban J connectivity index is 1.54. The summed E-state index contributed by atoms with van der Waals surface area (Å²) >= 11 is 0. The molecule has 0 bridgehead atoms. The highest BCUT2D eigenvalue weighted by atomic mass is 16.5. The van der Waals surface area contributed by atoms with Crippen LogP contribution in [0.4, 0.5) is 5.69 Å². The van der Waals surface area contributed by atoms with E-state index in [1.807, 2.05) is 29.2 Å². The Morgan fingerprint density at radius 2 is 1.75 bits per heavy atom. The fraction of sp³-hybridized carbons (Fsp3) is 0.550. The molecular weight excluding hydrogens is 360 g/mol. The minimum Gasteiger partial charge on any atom is -0.497 e. The first kappa shape index (κ1) is 20.1. The van der Waals surface area contributed by atoms with E-state index in [1.54, 1.807) is 31.0 Å². The SMILES string of the molecule is COc1ccc(N2C[C@H](C(=O)N3CCN(CC(=O)N(C)C)CC3)CC2=O)cc1. The Labute approximate surface area is 165 Å². The zero-order valence-electron chi connectivity index (χ0n) is 16.8. The third-order valence-electron chi connectivity index (χ3n) is 5.40. The van der Waals surface area contributed by atoms with Gasteiger partial charge in [-0.25, -0.2) is 0 Å². The van der Waals surface area contributed by atoms with Crippen LogP contribution in [0.5, 0.6) is 5.75 Å². The van der Waals surface area contributed by atoms with Crippen molar-refractivity contribution < 1.29 is 19.1 Å². The minimum absolute atomic E-state index is 0.0290. The molecule has 1 aromatic carbocycles. The summed E-state index contributed by atoms with van der Waals surface area (Å²) in [6.07, 6.45) is 0.240. The van der Waals surface area contributed by atoms with E-state index < -0.39 is 0 Å². The van der Waals surface area contributed by atoms with E-state index in [2.05, 4.69) is 4.90 Å². The van der Waals surface area contributed by atoms with Gasteiger partial charge in [-0.2, -0.15) is 0 Å². The van der Waals surface area contributed by atoms with E-state index in [0.717, 1.165) is 11.4 Å². The molecule has 8 nitrogen and oxygen atoms in total. The smallest absolute Gasteiger partial charge is 0.236 e. The molecule has 28 heavy (non-hydrogen) atoms. The first-order valence-electron chi connectivity index (χ1n) is 9.54. The number of anilines is 1. The molecule has 0 unspecified atom stereocenters. The van der Waals surface area contributed by atoms with Gasteiger partial charge in [0, 0.05) is 58.9 Å². The Kier molecular flexibility index (Phi) is 6.18. The summed E-state index contributed by atoms with van der Waals surface area (Å²) in [6, 6.07) is 7.30. The van der Waals surface area contributed by atoms with Crippen molar-refractivity contribution >= 4 is 23.4 Å². The number of piperazine rings is 1. The predicted octanol–water partition coefficient (Wildman–Crippen LogP) is 0.281. The summed E-state index contributed by atoms with van der Waals surface area (Å²) in [5.41, 5.74) is 0.785. The molecule has 2 saturated heterocycles. The zero-order chi connectivity index (χ0) is 20.3. The van der Waals surface area contributed by atoms with Crippen LogP contribution in [0.25, 0.3) is 0 Å². The van der Waals surface area contributed by atoms with Crippen LogP contribution < -0.4 is 9.64 Å². The van der Waals surface area contributed by atoms with E-state index in [4.69, 9.17) is 4.74 Å². The quantitative estimate of drug-likeness (QED) is 0.725. The van der Waals surface area contributed by atoms with Gasteiger partial charge in [0.25, 0.3) is 0 Å². The zero-order valence-corrected chi connectivity index (χ0v) is 16.8. The number of methoxy groups -OCH3 is 1. The van der Waals surface area contributed by atoms with Crippen LogP contribution in [0.1, 0.15) is 6.42 Å². The van der Waals surface area contributed by atoms with Crippen LogP contribution in [0.3, 0.4) is 0 Å². The molecule has 2 aliphatic rings. The molecule has 8 heteroatoms. The topological polar surface area (TPSA) is 73.4 Å². The number of ether oxygens (including phenoxy) is 1. The molecule has 0 radical (unpaired) electrons. The summed E-state index contributed by atoms with van der Waals surface area (Å²) < 4.78 is 5.15. The lowest BCUT2D eigenvalue weighted by atomic mass is 10.1. The lowest BCUT2D eigenvalue weighted by molar-refractivity contribution is -0.138. The average Bonchev–Trinajstić information content (AvgIpc) is 3.09. The highest BCUT2D eigenvalue weighted by Gasteiger charge is 2.38. The van der Waals surface area contributed by atoms with Gasteiger partial charge in [0.2, 0.25) is 17.7 Å². The lowest BCUT2D eigenvalue weighted by Crippen LogP contribution is -2.52. The van der Waals surface area contributed by atoms with Crippen molar-refractivity contribution in [1.29, 1.82) is 0 Å². The monoisotopic (exact) mass is 388 g/mol. The van der Waals surface area contributed by atoms with E-state index in [1.165, 1.54) is 0 Å². The van der Waals surface area contributed by atoms with E-state index in [0.29, 0.717) is 39.3 Å². The van der Waals surface area contributed by atoms with Gasteiger partial charge in [0.1, 0.15) is 5.75 Å². The van der Waals surface area contributed by atoms with E-state index in [-0.39, 0.29) is 30.1 Å². The molecule has 2 aliphatic heterocycles. The van der Waals surface area contributed by atoms with Gasteiger partial charge < -0.3 is 19.4 Å². The molecule has 2 fully saturated rings. The van der Waals surface area contributed by atoms with Crippen LogP contribution in [-0.2, 0) is 14.4 Å². The number of amides is 3. The highest BCUT2D eigenvalue weighted by Crippen LogP contribution is 2.28. The second-order valence-electron chi connectivity index (χ2n) is 7.49. The van der Waals surface area contributed by atoms with Gasteiger partial charge in [-0.3, -0.25) is 19.3 Å². The van der Waals surface area contributed by atoms with Crippen LogP contribution in [0, 0.1) is 5.92 Å². The molecule has 1 aromatic rings. The molecule has 152 valence electrons. The molecule has 2 heterocycles. The average molecular weight is 388 g/mol. The summed E-state index contributed by atoms with van der Waals surface area (Å²) in [7, 11) is 5.09. The molecule has 0 spiro atoms. The number of benzene rings is 1. The first-order valence-corrected chi connectivity index (χ1v) is 9.54. The van der Waals surface area contributed by atoms with E-state index >= 15 is 0 Å². The highest BCUT2D eigenvalue weighted by molar-refractivity contribution is 6.00. The number of carbonyl (C=O) groups excluding carboxylic acids is 3. The first-order chi connectivity index (χ1) is 13.4. The summed E-state index contributed by atoms with van der Waals surface area (Å²) in [5, 5.41) is 0. The second-order valence-corrected chi connectivity index (χ2v) is 7.49. The Morgan fingerprint density at radius 3 is 2.32 bits per heavy atom. The maximum absolute atomic E-state index is 12.9. The van der Waals surface area contributed by atoms with Crippen LogP contribution in [0.15, 0.2) is 24.3 Å². The van der Waals surface area contributed by atoms with Gasteiger partial charge in [0.05, 0.1) is 19.6 Å². The fourth-order valence-electron chi connectivity index (χ4n) is 3.60. The van der Waals surface area contributed by atoms with Crippen molar-refractivity contribution in [2.24, 2.45) is 5.92 Å². The van der Waals surface area contributed by atoms with Crippen molar-refractivity contribution in [2.45, 2.75) is 6.42 Å². The molecule has 0 N–H and O–H groups in total. The van der Waals surface area contributed by atoms with Crippen LogP contribution >= 0.6 is 0 Å². The number of hydrogen-bond acceptors (Lipinski definition) is 5. The van der Waals surface area contributed by atoms with Gasteiger partial charge in [-0.15, -0.1) is 0 Å². The number of nitrogens with zero attached hydrogens (tertiary/aromatic N) is 4. The third-order valence-corrected chi connectivity index (χ3v) is 5.40. The van der Waals surface area contributed by atoms with Gasteiger partial charge >= 0.3 is 0 Å². The molecule has 0 aromatic heterocycles. The van der Waals surface area contributed by atoms with Crippen molar-refractivity contribution in [3.8, 4) is 5.75 Å². The van der Waals surface area contributed by atoms with Crippen molar-refractivity contribution in [2.75, 3.05) is 65.4 Å². The molecule has 3 amide bonds. The molecular formula is C20H28N4O4. The maximum Gasteiger partial charge on any atom is 0.236 e. The normalized spacial score (nSPS) is 20.4. The summed E-state index contributed by atoms with van der Waals surface area (Å²) in [6.45, 7) is 3.31. The van der Waals surface area contributed by atoms with Gasteiger partial charge in [-0.1, -0.05) is 0 Å². The molecule has 1 atom stereocenters. The standard InChI is InChI=1S/C20H28N4O4/c1-21(2)19(26)14-22-8-10-23(11-9-22)20(27)15-12-18(25)24(13-15)16-4-6-17(28-3)7-5-16/h4-7,15H,8-14H2,1-3H3/t15-/m1/s1. The Hall–Kier alpha value is -2.61. The van der Waals surface area contributed by atoms with Crippen molar-refractivity contribution in [3.63, 3.8) is 0 Å². The number of carbonyl (C=O) groups is 3. The summed E-state index contributed by atoms with van der Waals surface area (Å²) in [5.74, 6) is 0.483. The van der Waals surface area contributed by atoms with Gasteiger partial charge in [-0.05, 0) is 24.3 Å². The molecule has 0 saturated carbocycles. The molecule has 3 rings (SSSR count). The van der Waals surface area contributed by atoms with E-state index in [9.17, 15) is 14.4 Å². The van der Waals surface area contributed by atoms with Gasteiger partial charge in [0.15, 0.2) is 0 Å². The van der Waals surface area contributed by atoms with Crippen molar-refractivity contribution in [3.05, 3.63) is 24.3 Å². The molecule has 0 aliphatic carbocycles. The number of hydrogen-bond donors (Lipinski definition) is 0.